The molecule has 1 aliphatic heterocycles. The molecule has 1 amide bonds. The molecule has 1 saturated heterocycles. The van der Waals surface area contributed by atoms with Crippen molar-refractivity contribution < 1.29 is 26.4 Å². The summed E-state index contributed by atoms with van der Waals surface area (Å²) >= 11 is 0. The Kier molecular flexibility index (Phi) is 9.49. The highest BCUT2D eigenvalue weighted by atomic mass is 32.2. The number of hydrogen-bond donors (Lipinski definition) is 1. The fourth-order valence-electron chi connectivity index (χ4n) is 4.52. The van der Waals surface area contributed by atoms with E-state index in [4.69, 9.17) is 4.74 Å². The Balaban J connectivity index is 1.37. The average molecular weight is 586 g/mol. The van der Waals surface area contributed by atoms with Crippen LogP contribution in [0.5, 0.6) is 5.75 Å². The van der Waals surface area contributed by atoms with Crippen LogP contribution < -0.4 is 14.4 Å². The van der Waals surface area contributed by atoms with Crippen LogP contribution in [0.25, 0.3) is 0 Å². The molecule has 214 valence electrons. The van der Waals surface area contributed by atoms with Crippen LogP contribution >= 0.6 is 0 Å². The van der Waals surface area contributed by atoms with E-state index in [1.807, 2.05) is 19.1 Å². The van der Waals surface area contributed by atoms with Gasteiger partial charge in [0, 0.05) is 13.1 Å². The molecule has 40 heavy (non-hydrogen) atoms. The molecule has 1 N–H and O–H groups in total. The van der Waals surface area contributed by atoms with E-state index in [2.05, 4.69) is 5.32 Å². The molecule has 0 bridgehead atoms. The van der Waals surface area contributed by atoms with Crippen molar-refractivity contribution in [2.24, 2.45) is 0 Å². The number of carbonyl (C=O) groups is 1. The number of aryl methyl sites for hydroxylation is 2. The summed E-state index contributed by atoms with van der Waals surface area (Å²) in [5.74, 6) is -0.0116. The molecule has 0 aromatic heterocycles. The molecule has 0 radical (unpaired) electrons. The lowest BCUT2D eigenvalue weighted by Gasteiger charge is -2.26. The number of benzene rings is 3. The molecular formula is C29H35N3O6S2. The Bertz CT molecular complexity index is 1520. The standard InChI is InChI=1S/C29H35N3O6S2/c1-23-11-12-24(2)28(21-23)32(40(36,37)26-9-5-3-6-10-26)22-29(33)30-17-20-38-25-13-15-27(16-14-25)39(34,35)31-18-7-4-8-19-31/h3,5-6,9-16,21H,4,7-8,17-20,22H2,1-2H3,(H,30,33). The summed E-state index contributed by atoms with van der Waals surface area (Å²) in [4.78, 5) is 13.2. The van der Waals surface area contributed by atoms with E-state index in [0.717, 1.165) is 34.7 Å². The summed E-state index contributed by atoms with van der Waals surface area (Å²) in [5, 5.41) is 2.72. The molecule has 9 nitrogen and oxygen atoms in total. The number of piperidine rings is 1. The molecule has 11 heteroatoms. The van der Waals surface area contributed by atoms with Crippen molar-refractivity contribution in [3.63, 3.8) is 0 Å². The molecule has 1 heterocycles. The van der Waals surface area contributed by atoms with Crippen LogP contribution in [0.2, 0.25) is 0 Å². The highest BCUT2D eigenvalue weighted by Crippen LogP contribution is 2.28. The number of anilines is 1. The summed E-state index contributed by atoms with van der Waals surface area (Å²) in [5.41, 5.74) is 2.04. The van der Waals surface area contributed by atoms with Crippen molar-refractivity contribution in [2.45, 2.75) is 42.9 Å². The quantitative estimate of drug-likeness (QED) is 0.342. The zero-order valence-electron chi connectivity index (χ0n) is 22.7. The number of nitrogens with one attached hydrogen (secondary N) is 1. The van der Waals surface area contributed by atoms with Crippen molar-refractivity contribution in [1.29, 1.82) is 0 Å². The maximum Gasteiger partial charge on any atom is 0.264 e. The van der Waals surface area contributed by atoms with Crippen LogP contribution in [0.1, 0.15) is 30.4 Å². The Labute approximate surface area is 236 Å². The van der Waals surface area contributed by atoms with Crippen molar-refractivity contribution in [3.8, 4) is 5.75 Å². The first-order valence-electron chi connectivity index (χ1n) is 13.2. The third-order valence-electron chi connectivity index (χ3n) is 6.72. The minimum absolute atomic E-state index is 0.0952. The first-order valence-corrected chi connectivity index (χ1v) is 16.1. The normalized spacial score (nSPS) is 14.4. The fourth-order valence-corrected chi connectivity index (χ4v) is 7.53. The molecule has 4 rings (SSSR count). The van der Waals surface area contributed by atoms with Crippen molar-refractivity contribution in [3.05, 3.63) is 83.9 Å². The van der Waals surface area contributed by atoms with Crippen LogP contribution in [0.4, 0.5) is 5.69 Å². The van der Waals surface area contributed by atoms with Gasteiger partial charge >= 0.3 is 0 Å². The first kappa shape index (κ1) is 29.6. The molecule has 1 aliphatic rings. The third kappa shape index (κ3) is 7.01. The van der Waals surface area contributed by atoms with Crippen molar-refractivity contribution in [2.75, 3.05) is 37.1 Å². The fraction of sp³-hybridized carbons (Fsp3) is 0.345. The molecular weight excluding hydrogens is 550 g/mol. The topological polar surface area (TPSA) is 113 Å². The van der Waals surface area contributed by atoms with Gasteiger partial charge in [0.25, 0.3) is 10.0 Å². The number of amides is 1. The maximum atomic E-state index is 13.5. The van der Waals surface area contributed by atoms with E-state index in [1.165, 1.54) is 28.6 Å². The van der Waals surface area contributed by atoms with Gasteiger partial charge < -0.3 is 10.1 Å². The minimum atomic E-state index is -4.00. The smallest absolute Gasteiger partial charge is 0.264 e. The van der Waals surface area contributed by atoms with Crippen LogP contribution in [0, 0.1) is 13.8 Å². The van der Waals surface area contributed by atoms with Gasteiger partial charge in [-0.1, -0.05) is 36.8 Å². The molecule has 0 spiro atoms. The summed E-state index contributed by atoms with van der Waals surface area (Å²) in [7, 11) is -7.52. The Morgan fingerprint density at radius 2 is 1.55 bits per heavy atom. The summed E-state index contributed by atoms with van der Waals surface area (Å²) < 4.78 is 61.0. The summed E-state index contributed by atoms with van der Waals surface area (Å²) in [6.07, 6.45) is 2.78. The van der Waals surface area contributed by atoms with E-state index in [-0.39, 0.29) is 22.9 Å². The minimum Gasteiger partial charge on any atom is -0.492 e. The van der Waals surface area contributed by atoms with Crippen molar-refractivity contribution in [1.82, 2.24) is 9.62 Å². The molecule has 0 atom stereocenters. The van der Waals surface area contributed by atoms with Crippen LogP contribution in [-0.4, -0.2) is 59.8 Å². The summed E-state index contributed by atoms with van der Waals surface area (Å²) in [6.45, 7) is 4.60. The highest BCUT2D eigenvalue weighted by molar-refractivity contribution is 7.92. The lowest BCUT2D eigenvalue weighted by molar-refractivity contribution is -0.119. The second-order valence-electron chi connectivity index (χ2n) is 9.75. The summed E-state index contributed by atoms with van der Waals surface area (Å²) in [6, 6.07) is 19.7. The number of sulfonamides is 2. The van der Waals surface area contributed by atoms with Crippen LogP contribution in [-0.2, 0) is 24.8 Å². The lowest BCUT2D eigenvalue weighted by Crippen LogP contribution is -2.42. The van der Waals surface area contributed by atoms with Gasteiger partial charge in [0.1, 0.15) is 18.9 Å². The van der Waals surface area contributed by atoms with Crippen LogP contribution in [0.15, 0.2) is 82.6 Å². The third-order valence-corrected chi connectivity index (χ3v) is 10.4. The molecule has 0 saturated carbocycles. The van der Waals surface area contributed by atoms with E-state index >= 15 is 0 Å². The average Bonchev–Trinajstić information content (AvgIpc) is 2.96. The molecule has 1 fully saturated rings. The Hall–Kier alpha value is -3.41. The van der Waals surface area contributed by atoms with Gasteiger partial charge in [-0.25, -0.2) is 16.8 Å². The van der Waals surface area contributed by atoms with E-state index < -0.39 is 32.5 Å². The molecule has 3 aromatic rings. The van der Waals surface area contributed by atoms with Crippen LogP contribution in [0.3, 0.4) is 0 Å². The zero-order chi connectivity index (χ0) is 28.8. The number of rotatable bonds is 11. The van der Waals surface area contributed by atoms with E-state index in [1.54, 1.807) is 43.3 Å². The van der Waals surface area contributed by atoms with Crippen molar-refractivity contribution >= 4 is 31.6 Å². The largest absolute Gasteiger partial charge is 0.492 e. The van der Waals surface area contributed by atoms with Gasteiger partial charge in [-0.2, -0.15) is 4.31 Å². The number of nitrogens with zero attached hydrogens (tertiary/aromatic N) is 2. The number of carbonyl (C=O) groups excluding carboxylic acids is 1. The SMILES string of the molecule is Cc1ccc(C)c(N(CC(=O)NCCOc2ccc(S(=O)(=O)N3CCCCC3)cc2)S(=O)(=O)c2ccccc2)c1. The van der Waals surface area contributed by atoms with Gasteiger partial charge in [0.15, 0.2) is 0 Å². The van der Waals surface area contributed by atoms with E-state index in [0.29, 0.717) is 24.5 Å². The molecule has 3 aromatic carbocycles. The van der Waals surface area contributed by atoms with Gasteiger partial charge in [-0.3, -0.25) is 9.10 Å². The lowest BCUT2D eigenvalue weighted by atomic mass is 10.1. The second kappa shape index (κ2) is 12.8. The number of ether oxygens (including phenoxy) is 1. The van der Waals surface area contributed by atoms with Gasteiger partial charge in [-0.15, -0.1) is 0 Å². The Morgan fingerprint density at radius 3 is 2.23 bits per heavy atom. The van der Waals surface area contributed by atoms with Gasteiger partial charge in [0.05, 0.1) is 22.0 Å². The second-order valence-corrected chi connectivity index (χ2v) is 13.5. The maximum absolute atomic E-state index is 13.5. The predicted molar refractivity (Wildman–Crippen MR) is 154 cm³/mol. The predicted octanol–water partition coefficient (Wildman–Crippen LogP) is 3.87. The van der Waals surface area contributed by atoms with E-state index in [9.17, 15) is 21.6 Å². The Morgan fingerprint density at radius 1 is 0.875 bits per heavy atom. The highest BCUT2D eigenvalue weighted by Gasteiger charge is 2.28. The number of hydrogen-bond acceptors (Lipinski definition) is 6. The molecule has 0 unspecified atom stereocenters. The van der Waals surface area contributed by atoms with Gasteiger partial charge in [-0.05, 0) is 80.3 Å². The monoisotopic (exact) mass is 585 g/mol. The zero-order valence-corrected chi connectivity index (χ0v) is 24.4. The first-order chi connectivity index (χ1) is 19.1. The van der Waals surface area contributed by atoms with Gasteiger partial charge in [0.2, 0.25) is 15.9 Å². The molecule has 0 aliphatic carbocycles.